The van der Waals surface area contributed by atoms with E-state index in [1.165, 1.54) is 25.5 Å². The Hall–Kier alpha value is -2.86. The highest BCUT2D eigenvalue weighted by Gasteiger charge is 2.09. The summed E-state index contributed by atoms with van der Waals surface area (Å²) >= 11 is 2.40. The van der Waals surface area contributed by atoms with E-state index in [0.29, 0.717) is 13.0 Å². The zero-order valence-electron chi connectivity index (χ0n) is 16.3. The SMILES string of the molecule is O=C(O)CCc1ccc(OCc2cccc(-c3c(I)ccc4ccccc34)c2)cc1. The number of carbonyl (C=O) groups is 1. The van der Waals surface area contributed by atoms with Crippen LogP contribution in [0.2, 0.25) is 0 Å². The van der Waals surface area contributed by atoms with E-state index in [1.807, 2.05) is 24.3 Å². The molecule has 0 unspecified atom stereocenters. The number of benzene rings is 4. The predicted molar refractivity (Wildman–Crippen MR) is 129 cm³/mol. The van der Waals surface area contributed by atoms with Crippen LogP contribution in [0.3, 0.4) is 0 Å². The molecule has 0 spiro atoms. The molecule has 4 aromatic rings. The maximum absolute atomic E-state index is 10.7. The van der Waals surface area contributed by atoms with Crippen LogP contribution in [0.4, 0.5) is 0 Å². The number of aryl methyl sites for hydroxylation is 1. The molecule has 0 heterocycles. The maximum Gasteiger partial charge on any atom is 0.303 e. The molecule has 0 aromatic heterocycles. The van der Waals surface area contributed by atoms with E-state index in [2.05, 4.69) is 83.3 Å². The van der Waals surface area contributed by atoms with Gasteiger partial charge in [-0.3, -0.25) is 4.79 Å². The number of hydrogen-bond donors (Lipinski definition) is 1. The van der Waals surface area contributed by atoms with Gasteiger partial charge in [-0.2, -0.15) is 0 Å². The third-order valence-corrected chi connectivity index (χ3v) is 5.95. The summed E-state index contributed by atoms with van der Waals surface area (Å²) in [6.07, 6.45) is 0.668. The Morgan fingerprint density at radius 1 is 0.867 bits per heavy atom. The average molecular weight is 508 g/mol. The van der Waals surface area contributed by atoms with Gasteiger partial charge < -0.3 is 9.84 Å². The standard InChI is InChI=1S/C26H21IO3/c27-24-14-11-20-5-1-2-7-23(20)26(24)21-6-3-4-19(16-21)17-30-22-12-8-18(9-13-22)10-15-25(28)29/h1-9,11-14,16H,10,15,17H2,(H,28,29). The van der Waals surface area contributed by atoms with Crippen LogP contribution in [0.15, 0.2) is 84.9 Å². The number of fused-ring (bicyclic) bond motifs is 1. The Morgan fingerprint density at radius 2 is 1.67 bits per heavy atom. The molecule has 3 nitrogen and oxygen atoms in total. The highest BCUT2D eigenvalue weighted by atomic mass is 127. The summed E-state index contributed by atoms with van der Waals surface area (Å²) < 4.78 is 7.19. The zero-order valence-corrected chi connectivity index (χ0v) is 18.5. The Bertz CT molecular complexity index is 1180. The molecule has 1 N–H and O–H groups in total. The Kier molecular flexibility index (Phi) is 6.33. The highest BCUT2D eigenvalue weighted by molar-refractivity contribution is 14.1. The first-order valence-corrected chi connectivity index (χ1v) is 10.9. The van der Waals surface area contributed by atoms with Gasteiger partial charge in [-0.05, 0) is 80.7 Å². The van der Waals surface area contributed by atoms with E-state index in [1.54, 1.807) is 0 Å². The smallest absolute Gasteiger partial charge is 0.303 e. The van der Waals surface area contributed by atoms with Crippen molar-refractivity contribution in [2.45, 2.75) is 19.4 Å². The molecule has 0 saturated carbocycles. The predicted octanol–water partition coefficient (Wildman–Crippen LogP) is 6.71. The third-order valence-electron chi connectivity index (χ3n) is 5.05. The molecular weight excluding hydrogens is 487 g/mol. The number of carboxylic acid groups (broad SMARTS) is 1. The van der Waals surface area contributed by atoms with E-state index in [-0.39, 0.29) is 6.42 Å². The maximum atomic E-state index is 10.7. The van der Waals surface area contributed by atoms with Gasteiger partial charge in [0.1, 0.15) is 12.4 Å². The molecule has 0 radical (unpaired) electrons. The fourth-order valence-corrected chi connectivity index (χ4v) is 4.31. The van der Waals surface area contributed by atoms with Crippen LogP contribution in [0.5, 0.6) is 5.75 Å². The Labute approximate surface area is 189 Å². The van der Waals surface area contributed by atoms with Gasteiger partial charge in [0.25, 0.3) is 0 Å². The molecule has 0 aliphatic rings. The minimum absolute atomic E-state index is 0.139. The monoisotopic (exact) mass is 508 g/mol. The van der Waals surface area contributed by atoms with Crippen molar-refractivity contribution in [2.75, 3.05) is 0 Å². The topological polar surface area (TPSA) is 46.5 Å². The highest BCUT2D eigenvalue weighted by Crippen LogP contribution is 2.33. The first-order valence-electron chi connectivity index (χ1n) is 9.80. The van der Waals surface area contributed by atoms with Gasteiger partial charge in [0.2, 0.25) is 0 Å². The van der Waals surface area contributed by atoms with E-state index in [9.17, 15) is 4.79 Å². The molecule has 0 aliphatic heterocycles. The summed E-state index contributed by atoms with van der Waals surface area (Å²) in [6, 6.07) is 28.9. The Balaban J connectivity index is 1.51. The minimum atomic E-state index is -0.781. The number of carboxylic acids is 1. The average Bonchev–Trinajstić information content (AvgIpc) is 2.77. The molecule has 4 heteroatoms. The second-order valence-corrected chi connectivity index (χ2v) is 8.33. The summed E-state index contributed by atoms with van der Waals surface area (Å²) in [5.74, 6) is -0.00437. The molecule has 0 aliphatic carbocycles. The zero-order chi connectivity index (χ0) is 20.9. The molecule has 30 heavy (non-hydrogen) atoms. The van der Waals surface area contributed by atoms with Gasteiger partial charge in [-0.25, -0.2) is 0 Å². The number of aliphatic carboxylic acids is 1. The Morgan fingerprint density at radius 3 is 2.47 bits per heavy atom. The van der Waals surface area contributed by atoms with Gasteiger partial charge in [0.15, 0.2) is 0 Å². The fraction of sp³-hybridized carbons (Fsp3) is 0.115. The van der Waals surface area contributed by atoms with Crippen molar-refractivity contribution in [3.8, 4) is 16.9 Å². The van der Waals surface area contributed by atoms with Gasteiger partial charge in [0.05, 0.1) is 0 Å². The van der Waals surface area contributed by atoms with Crippen LogP contribution in [-0.2, 0) is 17.8 Å². The van der Waals surface area contributed by atoms with Crippen LogP contribution >= 0.6 is 22.6 Å². The van der Waals surface area contributed by atoms with E-state index >= 15 is 0 Å². The molecule has 150 valence electrons. The van der Waals surface area contributed by atoms with Crippen molar-refractivity contribution in [3.63, 3.8) is 0 Å². The van der Waals surface area contributed by atoms with E-state index < -0.39 is 5.97 Å². The lowest BCUT2D eigenvalue weighted by molar-refractivity contribution is -0.136. The minimum Gasteiger partial charge on any atom is -0.489 e. The van der Waals surface area contributed by atoms with Gasteiger partial charge in [0, 0.05) is 15.6 Å². The normalized spacial score (nSPS) is 10.8. The van der Waals surface area contributed by atoms with Crippen LogP contribution < -0.4 is 4.74 Å². The molecule has 0 atom stereocenters. The van der Waals surface area contributed by atoms with E-state index in [4.69, 9.17) is 9.84 Å². The van der Waals surface area contributed by atoms with E-state index in [0.717, 1.165) is 16.9 Å². The van der Waals surface area contributed by atoms with Crippen molar-refractivity contribution < 1.29 is 14.6 Å². The van der Waals surface area contributed by atoms with Gasteiger partial charge in [-0.15, -0.1) is 0 Å². The number of rotatable bonds is 7. The van der Waals surface area contributed by atoms with Crippen molar-refractivity contribution >= 4 is 39.3 Å². The first-order chi connectivity index (χ1) is 14.6. The lowest BCUT2D eigenvalue weighted by atomic mass is 9.97. The summed E-state index contributed by atoms with van der Waals surface area (Å²) in [7, 11) is 0. The fourth-order valence-electron chi connectivity index (χ4n) is 3.53. The quantitative estimate of drug-likeness (QED) is 0.283. The van der Waals surface area contributed by atoms with Crippen molar-refractivity contribution in [1.29, 1.82) is 0 Å². The summed E-state index contributed by atoms with van der Waals surface area (Å²) in [5, 5.41) is 11.3. The molecule has 4 rings (SSSR count). The van der Waals surface area contributed by atoms with Crippen LogP contribution in [0.1, 0.15) is 17.5 Å². The lowest BCUT2D eigenvalue weighted by Gasteiger charge is -2.12. The molecule has 0 saturated heterocycles. The number of hydrogen-bond acceptors (Lipinski definition) is 2. The third kappa shape index (κ3) is 4.82. The summed E-state index contributed by atoms with van der Waals surface area (Å²) in [5.41, 5.74) is 4.53. The summed E-state index contributed by atoms with van der Waals surface area (Å²) in [4.78, 5) is 10.7. The van der Waals surface area contributed by atoms with Crippen LogP contribution in [0, 0.1) is 3.57 Å². The second-order valence-electron chi connectivity index (χ2n) is 7.17. The van der Waals surface area contributed by atoms with Crippen molar-refractivity contribution in [2.24, 2.45) is 0 Å². The van der Waals surface area contributed by atoms with Crippen LogP contribution in [-0.4, -0.2) is 11.1 Å². The van der Waals surface area contributed by atoms with Gasteiger partial charge in [-0.1, -0.05) is 60.7 Å². The number of halogens is 1. The molecular formula is C26H21IO3. The first kappa shape index (κ1) is 20.4. The van der Waals surface area contributed by atoms with Crippen LogP contribution in [0.25, 0.3) is 21.9 Å². The molecule has 0 amide bonds. The number of ether oxygens (including phenoxy) is 1. The summed E-state index contributed by atoms with van der Waals surface area (Å²) in [6.45, 7) is 0.476. The lowest BCUT2D eigenvalue weighted by Crippen LogP contribution is -1.98. The van der Waals surface area contributed by atoms with Gasteiger partial charge >= 0.3 is 5.97 Å². The molecule has 4 aromatic carbocycles. The second kappa shape index (κ2) is 9.30. The largest absolute Gasteiger partial charge is 0.489 e. The molecule has 0 bridgehead atoms. The molecule has 0 fully saturated rings. The van der Waals surface area contributed by atoms with Crippen molar-refractivity contribution in [3.05, 3.63) is 99.6 Å². The van der Waals surface area contributed by atoms with Crippen molar-refractivity contribution in [1.82, 2.24) is 0 Å².